The van der Waals surface area contributed by atoms with Gasteiger partial charge < -0.3 is 10.4 Å². The Morgan fingerprint density at radius 1 is 1.30 bits per heavy atom. The van der Waals surface area contributed by atoms with Crippen LogP contribution in [0.15, 0.2) is 24.3 Å². The fourth-order valence-electron chi connectivity index (χ4n) is 1.92. The first-order valence-electron chi connectivity index (χ1n) is 7.05. The minimum atomic E-state index is -0.0550. The van der Waals surface area contributed by atoms with Gasteiger partial charge in [-0.3, -0.25) is 4.79 Å². The summed E-state index contributed by atoms with van der Waals surface area (Å²) in [6.45, 7) is 4.83. The van der Waals surface area contributed by atoms with E-state index in [4.69, 9.17) is 16.7 Å². The SMILES string of the molecule is CC(C)(CCO)CNC(=O)CCCc1ccc(Cl)cc1. The van der Waals surface area contributed by atoms with Crippen LogP contribution in [0.1, 0.15) is 38.7 Å². The molecule has 0 bridgehead atoms. The third-order valence-corrected chi connectivity index (χ3v) is 3.59. The average Bonchev–Trinajstić information content (AvgIpc) is 2.39. The molecule has 0 saturated heterocycles. The molecule has 1 aromatic carbocycles. The Labute approximate surface area is 126 Å². The van der Waals surface area contributed by atoms with Crippen LogP contribution in [-0.2, 0) is 11.2 Å². The summed E-state index contributed by atoms with van der Waals surface area (Å²) in [5, 5.41) is 12.6. The van der Waals surface area contributed by atoms with Crippen molar-refractivity contribution in [2.24, 2.45) is 5.41 Å². The van der Waals surface area contributed by atoms with Crippen molar-refractivity contribution in [3.8, 4) is 0 Å². The summed E-state index contributed by atoms with van der Waals surface area (Å²) >= 11 is 5.82. The monoisotopic (exact) mass is 297 g/mol. The first kappa shape index (κ1) is 17.0. The second kappa shape index (κ2) is 8.28. The fourth-order valence-corrected chi connectivity index (χ4v) is 2.05. The molecule has 1 amide bonds. The highest BCUT2D eigenvalue weighted by atomic mass is 35.5. The van der Waals surface area contributed by atoms with Gasteiger partial charge in [-0.25, -0.2) is 0 Å². The largest absolute Gasteiger partial charge is 0.396 e. The number of hydrogen-bond acceptors (Lipinski definition) is 2. The third kappa shape index (κ3) is 6.92. The highest BCUT2D eigenvalue weighted by Gasteiger charge is 2.17. The molecule has 0 spiro atoms. The predicted octanol–water partition coefficient (Wildman–Crippen LogP) is 3.19. The molecule has 0 fully saturated rings. The zero-order valence-corrected chi connectivity index (χ0v) is 13.0. The number of carbonyl (C=O) groups excluding carboxylic acids is 1. The Hall–Kier alpha value is -1.06. The van der Waals surface area contributed by atoms with E-state index in [1.54, 1.807) is 0 Å². The molecule has 1 rings (SSSR count). The summed E-state index contributed by atoms with van der Waals surface area (Å²) in [5.41, 5.74) is 1.14. The number of nitrogens with one attached hydrogen (secondary N) is 1. The molecule has 2 N–H and O–H groups in total. The maximum absolute atomic E-state index is 11.7. The van der Waals surface area contributed by atoms with Crippen molar-refractivity contribution in [2.75, 3.05) is 13.2 Å². The zero-order chi connectivity index (χ0) is 15.0. The van der Waals surface area contributed by atoms with Crippen LogP contribution in [0.5, 0.6) is 0 Å². The van der Waals surface area contributed by atoms with E-state index in [9.17, 15) is 4.79 Å². The van der Waals surface area contributed by atoms with Gasteiger partial charge in [0.05, 0.1) is 0 Å². The maximum Gasteiger partial charge on any atom is 0.220 e. The Balaban J connectivity index is 2.22. The molecule has 20 heavy (non-hydrogen) atoms. The van der Waals surface area contributed by atoms with Gasteiger partial charge in [-0.05, 0) is 42.4 Å². The Morgan fingerprint density at radius 3 is 2.55 bits per heavy atom. The fraction of sp³-hybridized carbons (Fsp3) is 0.562. The van der Waals surface area contributed by atoms with E-state index in [1.165, 1.54) is 5.56 Å². The lowest BCUT2D eigenvalue weighted by Gasteiger charge is -2.23. The number of carbonyl (C=O) groups is 1. The summed E-state index contributed by atoms with van der Waals surface area (Å²) in [6.07, 6.45) is 2.93. The molecule has 0 atom stereocenters. The van der Waals surface area contributed by atoms with Crippen molar-refractivity contribution in [2.45, 2.75) is 39.5 Å². The Bertz CT molecular complexity index is 415. The number of rotatable bonds is 8. The number of hydrogen-bond donors (Lipinski definition) is 2. The standard InChI is InChI=1S/C16H24ClNO2/c1-16(2,10-11-19)12-18-15(20)5-3-4-13-6-8-14(17)9-7-13/h6-9,19H,3-5,10-12H2,1-2H3,(H,18,20). The second-order valence-corrected chi connectivity index (χ2v) is 6.33. The van der Waals surface area contributed by atoms with E-state index >= 15 is 0 Å². The smallest absolute Gasteiger partial charge is 0.220 e. The first-order chi connectivity index (χ1) is 9.43. The van der Waals surface area contributed by atoms with E-state index in [0.29, 0.717) is 19.4 Å². The highest BCUT2D eigenvalue weighted by molar-refractivity contribution is 6.30. The van der Waals surface area contributed by atoms with Crippen LogP contribution in [0.2, 0.25) is 5.02 Å². The molecule has 4 heteroatoms. The number of aliphatic hydroxyl groups excluding tert-OH is 1. The number of aliphatic hydroxyl groups is 1. The van der Waals surface area contributed by atoms with Gasteiger partial charge in [-0.15, -0.1) is 0 Å². The van der Waals surface area contributed by atoms with Crippen molar-refractivity contribution in [3.05, 3.63) is 34.9 Å². The molecule has 0 heterocycles. The molecule has 0 aliphatic carbocycles. The summed E-state index contributed by atoms with van der Waals surface area (Å²) < 4.78 is 0. The predicted molar refractivity (Wildman–Crippen MR) is 82.9 cm³/mol. The van der Waals surface area contributed by atoms with Crippen LogP contribution in [0.25, 0.3) is 0 Å². The highest BCUT2D eigenvalue weighted by Crippen LogP contribution is 2.18. The van der Waals surface area contributed by atoms with Gasteiger partial charge in [0.2, 0.25) is 5.91 Å². The summed E-state index contributed by atoms with van der Waals surface area (Å²) in [4.78, 5) is 11.7. The molecule has 0 radical (unpaired) electrons. The van der Waals surface area contributed by atoms with E-state index in [2.05, 4.69) is 5.32 Å². The maximum atomic E-state index is 11.7. The third-order valence-electron chi connectivity index (χ3n) is 3.34. The van der Waals surface area contributed by atoms with Crippen LogP contribution < -0.4 is 5.32 Å². The van der Waals surface area contributed by atoms with E-state index in [1.807, 2.05) is 38.1 Å². The molecule has 0 saturated carbocycles. The zero-order valence-electron chi connectivity index (χ0n) is 12.3. The van der Waals surface area contributed by atoms with Crippen LogP contribution in [0.3, 0.4) is 0 Å². The van der Waals surface area contributed by atoms with Gasteiger partial charge in [0, 0.05) is 24.6 Å². The number of aryl methyl sites for hydroxylation is 1. The van der Waals surface area contributed by atoms with E-state index in [-0.39, 0.29) is 17.9 Å². The van der Waals surface area contributed by atoms with Gasteiger partial charge in [0.25, 0.3) is 0 Å². The minimum Gasteiger partial charge on any atom is -0.396 e. The molecule has 0 unspecified atom stereocenters. The average molecular weight is 298 g/mol. The number of halogens is 1. The van der Waals surface area contributed by atoms with Gasteiger partial charge >= 0.3 is 0 Å². The van der Waals surface area contributed by atoms with Crippen LogP contribution in [-0.4, -0.2) is 24.2 Å². The summed E-state index contributed by atoms with van der Waals surface area (Å²) in [5.74, 6) is 0.0741. The van der Waals surface area contributed by atoms with Crippen molar-refractivity contribution in [3.63, 3.8) is 0 Å². The van der Waals surface area contributed by atoms with Crippen LogP contribution >= 0.6 is 11.6 Å². The quantitative estimate of drug-likeness (QED) is 0.774. The molecule has 1 aromatic rings. The molecule has 0 aliphatic rings. The topological polar surface area (TPSA) is 49.3 Å². The van der Waals surface area contributed by atoms with Crippen molar-refractivity contribution >= 4 is 17.5 Å². The first-order valence-corrected chi connectivity index (χ1v) is 7.43. The van der Waals surface area contributed by atoms with E-state index < -0.39 is 0 Å². The molecule has 0 aromatic heterocycles. The van der Waals surface area contributed by atoms with E-state index in [0.717, 1.165) is 17.9 Å². The molecule has 112 valence electrons. The lowest BCUT2D eigenvalue weighted by Crippen LogP contribution is -2.34. The van der Waals surface area contributed by atoms with Crippen LogP contribution in [0.4, 0.5) is 0 Å². The van der Waals surface area contributed by atoms with Gasteiger partial charge in [-0.1, -0.05) is 37.6 Å². The lowest BCUT2D eigenvalue weighted by molar-refractivity contribution is -0.121. The normalized spacial score (nSPS) is 11.4. The Morgan fingerprint density at radius 2 is 1.95 bits per heavy atom. The van der Waals surface area contributed by atoms with Crippen molar-refractivity contribution in [1.82, 2.24) is 5.32 Å². The molecule has 0 aliphatic heterocycles. The van der Waals surface area contributed by atoms with Gasteiger partial charge in [0.1, 0.15) is 0 Å². The second-order valence-electron chi connectivity index (χ2n) is 5.89. The summed E-state index contributed by atoms with van der Waals surface area (Å²) in [7, 11) is 0. The molecule has 3 nitrogen and oxygen atoms in total. The van der Waals surface area contributed by atoms with Gasteiger partial charge in [-0.2, -0.15) is 0 Å². The number of amides is 1. The summed E-state index contributed by atoms with van der Waals surface area (Å²) in [6, 6.07) is 7.72. The lowest BCUT2D eigenvalue weighted by atomic mass is 9.90. The van der Waals surface area contributed by atoms with Crippen molar-refractivity contribution < 1.29 is 9.90 Å². The number of benzene rings is 1. The molecular weight excluding hydrogens is 274 g/mol. The van der Waals surface area contributed by atoms with Gasteiger partial charge in [0.15, 0.2) is 0 Å². The molecular formula is C16H24ClNO2. The van der Waals surface area contributed by atoms with Crippen molar-refractivity contribution in [1.29, 1.82) is 0 Å². The van der Waals surface area contributed by atoms with Crippen LogP contribution in [0, 0.1) is 5.41 Å². The minimum absolute atomic E-state index is 0.0550. The Kier molecular flexibility index (Phi) is 7.03.